The van der Waals surface area contributed by atoms with Gasteiger partial charge >= 0.3 is 5.97 Å². The lowest BCUT2D eigenvalue weighted by Crippen LogP contribution is -2.30. The van der Waals surface area contributed by atoms with Crippen molar-refractivity contribution in [2.45, 2.75) is 25.8 Å². The minimum absolute atomic E-state index is 0. The summed E-state index contributed by atoms with van der Waals surface area (Å²) in [5, 5.41) is 0.993. The van der Waals surface area contributed by atoms with Crippen LogP contribution in [0.4, 0.5) is 0 Å². The Morgan fingerprint density at radius 1 is 1.42 bits per heavy atom. The summed E-state index contributed by atoms with van der Waals surface area (Å²) in [5.41, 5.74) is 8.04. The number of halogens is 3. The Hall–Kier alpha value is -0.480. The maximum Gasteiger partial charge on any atom is 0.309 e. The fourth-order valence-corrected chi connectivity index (χ4v) is 2.71. The molecule has 0 saturated heterocycles. The highest BCUT2D eigenvalue weighted by Crippen LogP contribution is 2.36. The van der Waals surface area contributed by atoms with E-state index in [4.69, 9.17) is 33.7 Å². The van der Waals surface area contributed by atoms with E-state index in [1.54, 1.807) is 19.1 Å². The van der Waals surface area contributed by atoms with Gasteiger partial charge in [-0.1, -0.05) is 23.2 Å². The van der Waals surface area contributed by atoms with Crippen molar-refractivity contribution in [2.24, 2.45) is 11.7 Å². The molecule has 0 aromatic heterocycles. The van der Waals surface area contributed by atoms with Crippen LogP contribution in [0.5, 0.6) is 0 Å². The van der Waals surface area contributed by atoms with E-state index in [1.807, 2.05) is 0 Å². The van der Waals surface area contributed by atoms with E-state index >= 15 is 0 Å². The summed E-state index contributed by atoms with van der Waals surface area (Å²) in [6, 6.07) is 3.40. The fraction of sp³-hybridized carbons (Fsp3) is 0.462. The second-order valence-corrected chi connectivity index (χ2v) is 5.27. The molecule has 0 fully saturated rings. The Morgan fingerprint density at radius 3 is 2.68 bits per heavy atom. The number of nitrogens with two attached hydrogens (primary N) is 1. The van der Waals surface area contributed by atoms with Crippen LogP contribution in [0.15, 0.2) is 12.1 Å². The molecule has 0 amide bonds. The molecule has 106 valence electrons. The smallest absolute Gasteiger partial charge is 0.309 e. The molecule has 0 unspecified atom stereocenters. The molecule has 1 aliphatic carbocycles. The minimum Gasteiger partial charge on any atom is -0.466 e. The number of esters is 1. The number of rotatable bonds is 2. The molecule has 0 radical (unpaired) electrons. The van der Waals surface area contributed by atoms with Crippen LogP contribution in [0.1, 0.15) is 30.5 Å². The van der Waals surface area contributed by atoms with Crippen molar-refractivity contribution < 1.29 is 9.53 Å². The molecule has 0 aliphatic heterocycles. The maximum absolute atomic E-state index is 11.8. The van der Waals surface area contributed by atoms with Crippen molar-refractivity contribution in [3.63, 3.8) is 0 Å². The highest BCUT2D eigenvalue weighted by molar-refractivity contribution is 6.42. The Morgan fingerprint density at radius 2 is 2.05 bits per heavy atom. The molecule has 1 aliphatic rings. The van der Waals surface area contributed by atoms with Gasteiger partial charge in [0.1, 0.15) is 0 Å². The molecular formula is C13H16Cl3NO2. The molecule has 0 spiro atoms. The number of fused-ring (bicyclic) bond motifs is 1. The van der Waals surface area contributed by atoms with Crippen molar-refractivity contribution in [1.82, 2.24) is 0 Å². The quantitative estimate of drug-likeness (QED) is 0.847. The lowest BCUT2D eigenvalue weighted by Gasteiger charge is -2.28. The minimum atomic E-state index is -0.196. The van der Waals surface area contributed by atoms with Gasteiger partial charge in [0.15, 0.2) is 0 Å². The first kappa shape index (κ1) is 16.6. The summed E-state index contributed by atoms with van der Waals surface area (Å²) in [6.07, 6.45) is 1.20. The largest absolute Gasteiger partial charge is 0.466 e. The van der Waals surface area contributed by atoms with E-state index in [0.29, 0.717) is 29.5 Å². The van der Waals surface area contributed by atoms with Crippen LogP contribution in [0, 0.1) is 5.92 Å². The number of hydrogen-bond acceptors (Lipinski definition) is 3. The maximum atomic E-state index is 11.8. The lowest BCUT2D eigenvalue weighted by molar-refractivity contribution is -0.148. The van der Waals surface area contributed by atoms with Crippen LogP contribution in [0.3, 0.4) is 0 Å². The third-order valence-corrected chi connectivity index (χ3v) is 3.93. The zero-order valence-corrected chi connectivity index (χ0v) is 12.8. The summed E-state index contributed by atoms with van der Waals surface area (Å²) in [5.74, 6) is -0.380. The normalized spacial score (nSPS) is 21.3. The van der Waals surface area contributed by atoms with Gasteiger partial charge in [-0.2, -0.15) is 0 Å². The van der Waals surface area contributed by atoms with E-state index < -0.39 is 0 Å². The number of benzene rings is 1. The molecule has 6 heteroatoms. The van der Waals surface area contributed by atoms with Gasteiger partial charge in [-0.05, 0) is 43.0 Å². The van der Waals surface area contributed by atoms with Crippen LogP contribution >= 0.6 is 35.6 Å². The van der Waals surface area contributed by atoms with Gasteiger partial charge in [-0.15, -0.1) is 12.4 Å². The summed E-state index contributed by atoms with van der Waals surface area (Å²) in [6.45, 7) is 2.18. The van der Waals surface area contributed by atoms with Crippen molar-refractivity contribution in [3.8, 4) is 0 Å². The predicted molar refractivity (Wildman–Crippen MR) is 79.1 cm³/mol. The summed E-state index contributed by atoms with van der Waals surface area (Å²) in [7, 11) is 0. The second-order valence-electron chi connectivity index (χ2n) is 4.46. The van der Waals surface area contributed by atoms with Gasteiger partial charge in [-0.25, -0.2) is 0 Å². The average molecular weight is 325 g/mol. The summed E-state index contributed by atoms with van der Waals surface area (Å²) < 4.78 is 5.05. The van der Waals surface area contributed by atoms with Gasteiger partial charge in [0.25, 0.3) is 0 Å². The van der Waals surface area contributed by atoms with Crippen LogP contribution in [-0.4, -0.2) is 12.6 Å². The molecule has 0 bridgehead atoms. The Balaban J connectivity index is 0.00000180. The van der Waals surface area contributed by atoms with Crippen LogP contribution in [0.25, 0.3) is 0 Å². The number of carbonyl (C=O) groups excluding carboxylic acids is 1. The van der Waals surface area contributed by atoms with Gasteiger partial charge in [-0.3, -0.25) is 4.79 Å². The highest BCUT2D eigenvalue weighted by Gasteiger charge is 2.30. The van der Waals surface area contributed by atoms with Gasteiger partial charge in [0.05, 0.1) is 22.6 Å². The molecule has 2 rings (SSSR count). The van der Waals surface area contributed by atoms with E-state index in [-0.39, 0.29) is 30.3 Å². The van der Waals surface area contributed by atoms with Crippen LogP contribution in [0.2, 0.25) is 10.0 Å². The number of hydrogen-bond donors (Lipinski definition) is 1. The van der Waals surface area contributed by atoms with E-state index in [2.05, 4.69) is 0 Å². The lowest BCUT2D eigenvalue weighted by atomic mass is 9.81. The van der Waals surface area contributed by atoms with E-state index in [1.165, 1.54) is 0 Å². The average Bonchev–Trinajstić information content (AvgIpc) is 2.32. The molecule has 0 saturated carbocycles. The van der Waals surface area contributed by atoms with Crippen LogP contribution < -0.4 is 5.73 Å². The molecular weight excluding hydrogens is 309 g/mol. The van der Waals surface area contributed by atoms with Crippen molar-refractivity contribution >= 4 is 41.6 Å². The topological polar surface area (TPSA) is 52.3 Å². The standard InChI is InChI=1S/C13H15Cl2NO2.ClH/c1-2-18-13(17)8-3-7-4-10(14)11(15)6-9(7)12(16)5-8;/h4,6,8,12H,2-3,5,16H2,1H3;1H/t8-,12-;/m0./s1. The van der Waals surface area contributed by atoms with E-state index in [9.17, 15) is 4.79 Å². The second kappa shape index (κ2) is 6.80. The molecule has 0 heterocycles. The Labute approximate surface area is 128 Å². The molecule has 1 aromatic carbocycles. The summed E-state index contributed by atoms with van der Waals surface area (Å²) >= 11 is 12.0. The zero-order chi connectivity index (χ0) is 13.3. The van der Waals surface area contributed by atoms with Crippen molar-refractivity contribution in [2.75, 3.05) is 6.61 Å². The van der Waals surface area contributed by atoms with E-state index in [0.717, 1.165) is 11.1 Å². The number of ether oxygens (including phenoxy) is 1. The Bertz CT molecular complexity index is 479. The zero-order valence-electron chi connectivity index (χ0n) is 10.5. The molecule has 2 atom stereocenters. The SMILES string of the molecule is CCOC(=O)[C@H]1Cc2cc(Cl)c(Cl)cc2[C@@H](N)C1.Cl. The van der Waals surface area contributed by atoms with Gasteiger partial charge in [0, 0.05) is 6.04 Å². The monoisotopic (exact) mass is 323 g/mol. The predicted octanol–water partition coefficient (Wildman–Crippen LogP) is 3.54. The third-order valence-electron chi connectivity index (χ3n) is 3.21. The van der Waals surface area contributed by atoms with Crippen molar-refractivity contribution in [1.29, 1.82) is 0 Å². The van der Waals surface area contributed by atoms with Crippen molar-refractivity contribution in [3.05, 3.63) is 33.3 Å². The highest BCUT2D eigenvalue weighted by atomic mass is 35.5. The first-order valence-electron chi connectivity index (χ1n) is 5.93. The third kappa shape index (κ3) is 3.54. The molecule has 2 N–H and O–H groups in total. The fourth-order valence-electron chi connectivity index (χ4n) is 2.35. The molecule has 1 aromatic rings. The first-order valence-corrected chi connectivity index (χ1v) is 6.68. The molecule has 3 nitrogen and oxygen atoms in total. The Kier molecular flexibility index (Phi) is 5.93. The summed E-state index contributed by atoms with van der Waals surface area (Å²) in [4.78, 5) is 11.8. The first-order chi connectivity index (χ1) is 8.52. The van der Waals surface area contributed by atoms with Gasteiger partial charge in [0.2, 0.25) is 0 Å². The number of carbonyl (C=O) groups is 1. The molecule has 19 heavy (non-hydrogen) atoms. The van der Waals surface area contributed by atoms with Gasteiger partial charge < -0.3 is 10.5 Å². The van der Waals surface area contributed by atoms with Crippen LogP contribution in [-0.2, 0) is 16.0 Å².